The summed E-state index contributed by atoms with van der Waals surface area (Å²) >= 11 is 1.52. The number of carbonyl (C=O) groups is 1. The first-order valence-corrected chi connectivity index (χ1v) is 11.4. The molecule has 0 radical (unpaired) electrons. The Hall–Kier alpha value is -3.32. The van der Waals surface area contributed by atoms with Crippen LogP contribution in [0, 0.1) is 20.8 Å². The number of pyridine rings is 1. The third kappa shape index (κ3) is 4.78. The zero-order valence-corrected chi connectivity index (χ0v) is 19.3. The monoisotopic (exact) mass is 446 g/mol. The van der Waals surface area contributed by atoms with Gasteiger partial charge >= 0.3 is 0 Å². The van der Waals surface area contributed by atoms with Crippen LogP contribution in [0.5, 0.6) is 0 Å². The summed E-state index contributed by atoms with van der Waals surface area (Å²) in [5.74, 6) is -0.127. The van der Waals surface area contributed by atoms with E-state index in [1.54, 1.807) is 6.20 Å². The highest BCUT2D eigenvalue weighted by Gasteiger charge is 2.17. The highest BCUT2D eigenvalue weighted by molar-refractivity contribution is 7.18. The number of amides is 1. The number of aromatic nitrogens is 3. The maximum atomic E-state index is 12.9. The number of nitrogens with one attached hydrogen (secondary N) is 1. The fourth-order valence-corrected chi connectivity index (χ4v) is 4.68. The summed E-state index contributed by atoms with van der Waals surface area (Å²) < 4.78 is 1.52. The number of thiophene rings is 1. The molecule has 0 saturated carbocycles. The molecule has 3 heterocycles. The van der Waals surface area contributed by atoms with Crippen molar-refractivity contribution in [3.63, 3.8) is 0 Å². The predicted molar refractivity (Wildman–Crippen MR) is 128 cm³/mol. The average Bonchev–Trinajstić information content (AvgIpc) is 3.09. The van der Waals surface area contributed by atoms with Crippen molar-refractivity contribution in [2.45, 2.75) is 46.2 Å². The molecule has 0 aliphatic heterocycles. The van der Waals surface area contributed by atoms with Gasteiger partial charge in [0.15, 0.2) is 0 Å². The molecule has 0 fully saturated rings. The predicted octanol–water partition coefficient (Wildman–Crippen LogP) is 4.27. The Bertz CT molecular complexity index is 1290. The lowest BCUT2D eigenvalue weighted by Crippen LogP contribution is -2.32. The van der Waals surface area contributed by atoms with Gasteiger partial charge in [0.2, 0.25) is 5.91 Å². The molecule has 4 aromatic rings. The van der Waals surface area contributed by atoms with E-state index >= 15 is 0 Å². The fraction of sp³-hybridized carbons (Fsp3) is 0.280. The number of benzene rings is 1. The van der Waals surface area contributed by atoms with Crippen molar-refractivity contribution in [1.82, 2.24) is 19.9 Å². The second-order valence-electron chi connectivity index (χ2n) is 8.02. The van der Waals surface area contributed by atoms with Gasteiger partial charge in [0.25, 0.3) is 5.56 Å². The molecule has 0 aliphatic rings. The number of hydrogen-bond acceptors (Lipinski definition) is 5. The standard InChI is InChI=1S/C25H26N4O2S/c1-16-7-9-19(10-8-16)14-21(20-6-4-5-12-26-20)28-22(30)11-13-29-15-27-24-23(25(29)31)17(2)18(3)32-24/h4-10,12,15,21H,11,13-14H2,1-3H3,(H,28,30). The van der Waals surface area contributed by atoms with Gasteiger partial charge in [-0.1, -0.05) is 35.9 Å². The lowest BCUT2D eigenvalue weighted by Gasteiger charge is -2.19. The molecule has 0 aliphatic carbocycles. The summed E-state index contributed by atoms with van der Waals surface area (Å²) in [6.07, 6.45) is 4.10. The van der Waals surface area contributed by atoms with Crippen molar-refractivity contribution >= 4 is 27.5 Å². The Labute approximate surface area is 191 Å². The molecule has 3 aromatic heterocycles. The molecule has 1 aromatic carbocycles. The van der Waals surface area contributed by atoms with E-state index in [0.29, 0.717) is 11.8 Å². The number of carbonyl (C=O) groups excluding carboxylic acids is 1. The SMILES string of the molecule is Cc1ccc(CC(NC(=O)CCn2cnc3sc(C)c(C)c3c2=O)c2ccccn2)cc1. The van der Waals surface area contributed by atoms with Crippen LogP contribution < -0.4 is 10.9 Å². The van der Waals surface area contributed by atoms with Crippen LogP contribution in [0.3, 0.4) is 0 Å². The Morgan fingerprint density at radius 2 is 1.88 bits per heavy atom. The normalized spacial score (nSPS) is 12.1. The van der Waals surface area contributed by atoms with E-state index in [4.69, 9.17) is 0 Å². The average molecular weight is 447 g/mol. The first-order chi connectivity index (χ1) is 15.4. The largest absolute Gasteiger partial charge is 0.347 e. The Kier molecular flexibility index (Phi) is 6.46. The van der Waals surface area contributed by atoms with Crippen molar-refractivity contribution in [3.05, 3.63) is 92.6 Å². The number of fused-ring (bicyclic) bond motifs is 1. The maximum absolute atomic E-state index is 12.9. The van der Waals surface area contributed by atoms with E-state index in [2.05, 4.69) is 46.5 Å². The number of aryl methyl sites for hydroxylation is 4. The second kappa shape index (κ2) is 9.44. The molecule has 0 bridgehead atoms. The maximum Gasteiger partial charge on any atom is 0.262 e. The molecule has 4 rings (SSSR count). The van der Waals surface area contributed by atoms with Gasteiger partial charge in [0, 0.05) is 24.0 Å². The van der Waals surface area contributed by atoms with Crippen molar-refractivity contribution in [3.8, 4) is 0 Å². The topological polar surface area (TPSA) is 76.9 Å². The Morgan fingerprint density at radius 1 is 1.09 bits per heavy atom. The van der Waals surface area contributed by atoms with Gasteiger partial charge in [-0.05, 0) is 50.5 Å². The van der Waals surface area contributed by atoms with Crippen LogP contribution in [-0.4, -0.2) is 20.4 Å². The summed E-state index contributed by atoms with van der Waals surface area (Å²) in [4.78, 5) is 36.4. The van der Waals surface area contributed by atoms with Crippen LogP contribution in [0.1, 0.15) is 39.7 Å². The van der Waals surface area contributed by atoms with Crippen LogP contribution >= 0.6 is 11.3 Å². The molecule has 32 heavy (non-hydrogen) atoms. The minimum Gasteiger partial charge on any atom is -0.347 e. The minimum absolute atomic E-state index is 0.0921. The highest BCUT2D eigenvalue weighted by Crippen LogP contribution is 2.25. The van der Waals surface area contributed by atoms with Crippen LogP contribution in [0.25, 0.3) is 10.2 Å². The van der Waals surface area contributed by atoms with Gasteiger partial charge in [0.05, 0.1) is 23.4 Å². The first kappa shape index (κ1) is 21.9. The summed E-state index contributed by atoms with van der Waals surface area (Å²) in [5, 5.41) is 3.76. The van der Waals surface area contributed by atoms with Crippen LogP contribution in [0.15, 0.2) is 59.8 Å². The molecule has 164 valence electrons. The van der Waals surface area contributed by atoms with Gasteiger partial charge in [-0.15, -0.1) is 11.3 Å². The molecule has 0 spiro atoms. The lowest BCUT2D eigenvalue weighted by atomic mass is 10.0. The zero-order chi connectivity index (χ0) is 22.7. The van der Waals surface area contributed by atoms with E-state index in [0.717, 1.165) is 26.5 Å². The van der Waals surface area contributed by atoms with Gasteiger partial charge in [0.1, 0.15) is 4.83 Å². The smallest absolute Gasteiger partial charge is 0.262 e. The van der Waals surface area contributed by atoms with Crippen molar-refractivity contribution in [1.29, 1.82) is 0 Å². The number of hydrogen-bond donors (Lipinski definition) is 1. The van der Waals surface area contributed by atoms with E-state index in [-0.39, 0.29) is 30.5 Å². The van der Waals surface area contributed by atoms with Gasteiger partial charge in [-0.2, -0.15) is 0 Å². The molecule has 7 heteroatoms. The van der Waals surface area contributed by atoms with E-state index in [9.17, 15) is 9.59 Å². The zero-order valence-electron chi connectivity index (χ0n) is 18.5. The van der Waals surface area contributed by atoms with Crippen molar-refractivity contribution < 1.29 is 4.79 Å². The van der Waals surface area contributed by atoms with Crippen LogP contribution in [0.4, 0.5) is 0 Å². The molecule has 1 atom stereocenters. The van der Waals surface area contributed by atoms with E-state index in [1.807, 2.05) is 32.0 Å². The summed E-state index contributed by atoms with van der Waals surface area (Å²) in [6.45, 7) is 6.26. The minimum atomic E-state index is -0.245. The summed E-state index contributed by atoms with van der Waals surface area (Å²) in [5.41, 5.74) is 4.01. The molecule has 1 N–H and O–H groups in total. The van der Waals surface area contributed by atoms with Crippen molar-refractivity contribution in [2.75, 3.05) is 0 Å². The molecular formula is C25H26N4O2S. The van der Waals surface area contributed by atoms with Gasteiger partial charge in [-0.3, -0.25) is 19.1 Å². The summed E-state index contributed by atoms with van der Waals surface area (Å²) in [7, 11) is 0. The molecule has 1 unspecified atom stereocenters. The number of nitrogens with zero attached hydrogens (tertiary/aromatic N) is 3. The fourth-order valence-electron chi connectivity index (χ4n) is 3.69. The Morgan fingerprint density at radius 3 is 2.59 bits per heavy atom. The van der Waals surface area contributed by atoms with Gasteiger partial charge < -0.3 is 5.32 Å². The quantitative estimate of drug-likeness (QED) is 0.460. The van der Waals surface area contributed by atoms with E-state index < -0.39 is 0 Å². The summed E-state index contributed by atoms with van der Waals surface area (Å²) in [6, 6.07) is 13.7. The van der Waals surface area contributed by atoms with E-state index in [1.165, 1.54) is 27.8 Å². The molecule has 0 saturated heterocycles. The third-order valence-electron chi connectivity index (χ3n) is 5.68. The van der Waals surface area contributed by atoms with Crippen LogP contribution in [0.2, 0.25) is 0 Å². The molecular weight excluding hydrogens is 420 g/mol. The Balaban J connectivity index is 1.48. The second-order valence-corrected chi connectivity index (χ2v) is 9.22. The van der Waals surface area contributed by atoms with Gasteiger partial charge in [-0.25, -0.2) is 4.98 Å². The van der Waals surface area contributed by atoms with Crippen LogP contribution in [-0.2, 0) is 17.8 Å². The highest BCUT2D eigenvalue weighted by atomic mass is 32.1. The lowest BCUT2D eigenvalue weighted by molar-refractivity contribution is -0.122. The number of rotatable bonds is 7. The van der Waals surface area contributed by atoms with Crippen molar-refractivity contribution in [2.24, 2.45) is 0 Å². The molecule has 1 amide bonds. The third-order valence-corrected chi connectivity index (χ3v) is 6.79. The molecule has 6 nitrogen and oxygen atoms in total. The first-order valence-electron chi connectivity index (χ1n) is 10.6.